The molecule has 1 unspecified atom stereocenters. The summed E-state index contributed by atoms with van der Waals surface area (Å²) in [7, 11) is 1.72. The summed E-state index contributed by atoms with van der Waals surface area (Å²) < 4.78 is 5.36. The second-order valence-electron chi connectivity index (χ2n) is 5.16. The molecule has 1 atom stereocenters. The Morgan fingerprint density at radius 1 is 1.29 bits per heavy atom. The molecule has 1 aromatic rings. The van der Waals surface area contributed by atoms with Crippen molar-refractivity contribution in [2.24, 2.45) is 11.7 Å². The van der Waals surface area contributed by atoms with E-state index >= 15 is 0 Å². The molecule has 1 saturated carbocycles. The third-order valence-corrected chi connectivity index (χ3v) is 3.79. The summed E-state index contributed by atoms with van der Waals surface area (Å²) in [5.74, 6) is 1.83. The van der Waals surface area contributed by atoms with Crippen LogP contribution in [-0.4, -0.2) is 13.2 Å². The molecule has 1 aliphatic carbocycles. The van der Waals surface area contributed by atoms with E-state index in [0.29, 0.717) is 0 Å². The van der Waals surface area contributed by atoms with Crippen molar-refractivity contribution in [2.45, 2.75) is 44.6 Å². The molecule has 1 aromatic carbocycles. The van der Waals surface area contributed by atoms with Crippen LogP contribution in [0.25, 0.3) is 0 Å². The van der Waals surface area contributed by atoms with Gasteiger partial charge < -0.3 is 10.5 Å². The molecule has 0 radical (unpaired) electrons. The van der Waals surface area contributed by atoms with E-state index in [1.807, 2.05) is 12.1 Å². The maximum atomic E-state index is 6.25. The number of hydrogen-bond donors (Lipinski definition) is 1. The van der Waals surface area contributed by atoms with Crippen molar-refractivity contribution in [1.29, 1.82) is 0 Å². The van der Waals surface area contributed by atoms with Gasteiger partial charge in [0.05, 0.1) is 7.11 Å². The van der Waals surface area contributed by atoms with Gasteiger partial charge in [0.25, 0.3) is 0 Å². The SMILES string of the molecule is COc1ccccc1CC(N)CC1CCCC1. The number of nitrogens with two attached hydrogens (primary N) is 1. The van der Waals surface area contributed by atoms with Gasteiger partial charge in [0.1, 0.15) is 5.75 Å². The molecule has 0 bridgehead atoms. The van der Waals surface area contributed by atoms with Crippen molar-refractivity contribution < 1.29 is 4.74 Å². The highest BCUT2D eigenvalue weighted by Crippen LogP contribution is 2.29. The molecule has 2 rings (SSSR count). The zero-order valence-corrected chi connectivity index (χ0v) is 10.7. The van der Waals surface area contributed by atoms with Crippen molar-refractivity contribution in [3.8, 4) is 5.75 Å². The Kier molecular flexibility index (Phi) is 4.43. The zero-order valence-electron chi connectivity index (χ0n) is 10.7. The zero-order chi connectivity index (χ0) is 12.1. The van der Waals surface area contributed by atoms with Crippen molar-refractivity contribution >= 4 is 0 Å². The summed E-state index contributed by atoms with van der Waals surface area (Å²) in [6, 6.07) is 8.46. The average molecular weight is 233 g/mol. The third kappa shape index (κ3) is 3.47. The van der Waals surface area contributed by atoms with Gasteiger partial charge in [-0.2, -0.15) is 0 Å². The maximum Gasteiger partial charge on any atom is 0.122 e. The maximum absolute atomic E-state index is 6.25. The number of benzene rings is 1. The predicted octanol–water partition coefficient (Wildman–Crippen LogP) is 3.15. The van der Waals surface area contributed by atoms with E-state index in [0.717, 1.165) is 24.5 Å². The quantitative estimate of drug-likeness (QED) is 0.848. The minimum absolute atomic E-state index is 0.273. The normalized spacial score (nSPS) is 18.2. The summed E-state index contributed by atoms with van der Waals surface area (Å²) in [4.78, 5) is 0. The molecule has 2 nitrogen and oxygen atoms in total. The Morgan fingerprint density at radius 2 is 2.00 bits per heavy atom. The highest BCUT2D eigenvalue weighted by molar-refractivity contribution is 5.33. The van der Waals surface area contributed by atoms with Gasteiger partial charge >= 0.3 is 0 Å². The monoisotopic (exact) mass is 233 g/mol. The van der Waals surface area contributed by atoms with Gasteiger partial charge in [0, 0.05) is 6.04 Å². The van der Waals surface area contributed by atoms with Crippen LogP contribution in [0.4, 0.5) is 0 Å². The van der Waals surface area contributed by atoms with Crippen LogP contribution in [0, 0.1) is 5.92 Å². The number of methoxy groups -OCH3 is 1. The first-order valence-corrected chi connectivity index (χ1v) is 6.67. The third-order valence-electron chi connectivity index (χ3n) is 3.79. The number of para-hydroxylation sites is 1. The molecular formula is C15H23NO. The smallest absolute Gasteiger partial charge is 0.122 e. The predicted molar refractivity (Wildman–Crippen MR) is 71.2 cm³/mol. The van der Waals surface area contributed by atoms with Crippen LogP contribution in [0.5, 0.6) is 5.75 Å². The fraction of sp³-hybridized carbons (Fsp3) is 0.600. The average Bonchev–Trinajstić information content (AvgIpc) is 2.82. The Labute approximate surface area is 104 Å². The molecule has 94 valence electrons. The van der Waals surface area contributed by atoms with Crippen LogP contribution in [0.15, 0.2) is 24.3 Å². The first-order chi connectivity index (χ1) is 8.29. The van der Waals surface area contributed by atoms with Crippen molar-refractivity contribution in [2.75, 3.05) is 7.11 Å². The Bertz CT molecular complexity index is 345. The molecular weight excluding hydrogens is 210 g/mol. The topological polar surface area (TPSA) is 35.2 Å². The minimum atomic E-state index is 0.273. The van der Waals surface area contributed by atoms with Gasteiger partial charge in [-0.05, 0) is 30.4 Å². The first kappa shape index (κ1) is 12.4. The molecule has 0 spiro atoms. The lowest BCUT2D eigenvalue weighted by molar-refractivity contribution is 0.400. The Hall–Kier alpha value is -1.02. The summed E-state index contributed by atoms with van der Waals surface area (Å²) in [6.07, 6.45) is 7.63. The number of hydrogen-bond acceptors (Lipinski definition) is 2. The Balaban J connectivity index is 1.90. The molecule has 2 heteroatoms. The Morgan fingerprint density at radius 3 is 2.71 bits per heavy atom. The van der Waals surface area contributed by atoms with Gasteiger partial charge in [0.15, 0.2) is 0 Å². The highest BCUT2D eigenvalue weighted by Gasteiger charge is 2.18. The van der Waals surface area contributed by atoms with E-state index in [1.165, 1.54) is 31.2 Å². The second kappa shape index (κ2) is 6.06. The summed E-state index contributed by atoms with van der Waals surface area (Å²) >= 11 is 0. The lowest BCUT2D eigenvalue weighted by Crippen LogP contribution is -2.25. The largest absolute Gasteiger partial charge is 0.496 e. The van der Waals surface area contributed by atoms with Crippen molar-refractivity contribution in [3.63, 3.8) is 0 Å². The molecule has 0 aliphatic heterocycles. The van der Waals surface area contributed by atoms with Gasteiger partial charge in [-0.15, -0.1) is 0 Å². The van der Waals surface area contributed by atoms with Gasteiger partial charge in [-0.1, -0.05) is 43.9 Å². The van der Waals surface area contributed by atoms with Crippen LogP contribution < -0.4 is 10.5 Å². The molecule has 0 heterocycles. The highest BCUT2D eigenvalue weighted by atomic mass is 16.5. The summed E-state index contributed by atoms with van der Waals surface area (Å²) in [5, 5.41) is 0. The van der Waals surface area contributed by atoms with Crippen LogP contribution in [0.3, 0.4) is 0 Å². The molecule has 2 N–H and O–H groups in total. The van der Waals surface area contributed by atoms with E-state index < -0.39 is 0 Å². The number of ether oxygens (including phenoxy) is 1. The van der Waals surface area contributed by atoms with E-state index in [-0.39, 0.29) is 6.04 Å². The molecule has 0 amide bonds. The van der Waals surface area contributed by atoms with E-state index in [9.17, 15) is 0 Å². The van der Waals surface area contributed by atoms with Crippen molar-refractivity contribution in [3.05, 3.63) is 29.8 Å². The first-order valence-electron chi connectivity index (χ1n) is 6.67. The van der Waals surface area contributed by atoms with E-state index in [4.69, 9.17) is 10.5 Å². The molecule has 1 aliphatic rings. The summed E-state index contributed by atoms with van der Waals surface area (Å²) in [5.41, 5.74) is 7.49. The summed E-state index contributed by atoms with van der Waals surface area (Å²) in [6.45, 7) is 0. The lowest BCUT2D eigenvalue weighted by atomic mass is 9.94. The minimum Gasteiger partial charge on any atom is -0.496 e. The number of rotatable bonds is 5. The fourth-order valence-electron chi connectivity index (χ4n) is 2.91. The van der Waals surface area contributed by atoms with E-state index in [1.54, 1.807) is 7.11 Å². The fourth-order valence-corrected chi connectivity index (χ4v) is 2.91. The lowest BCUT2D eigenvalue weighted by Gasteiger charge is -2.17. The van der Waals surface area contributed by atoms with Gasteiger partial charge in [0.2, 0.25) is 0 Å². The van der Waals surface area contributed by atoms with Gasteiger partial charge in [-0.3, -0.25) is 0 Å². The van der Waals surface area contributed by atoms with Crippen LogP contribution in [0.2, 0.25) is 0 Å². The molecule has 0 saturated heterocycles. The van der Waals surface area contributed by atoms with Crippen LogP contribution in [0.1, 0.15) is 37.7 Å². The molecule has 0 aromatic heterocycles. The van der Waals surface area contributed by atoms with Gasteiger partial charge in [-0.25, -0.2) is 0 Å². The van der Waals surface area contributed by atoms with Crippen molar-refractivity contribution in [1.82, 2.24) is 0 Å². The van der Waals surface area contributed by atoms with E-state index in [2.05, 4.69) is 12.1 Å². The second-order valence-corrected chi connectivity index (χ2v) is 5.16. The van der Waals surface area contributed by atoms with Crippen LogP contribution in [-0.2, 0) is 6.42 Å². The molecule has 1 fully saturated rings. The standard InChI is InChI=1S/C15H23NO/c1-17-15-9-5-4-8-13(15)11-14(16)10-12-6-2-3-7-12/h4-5,8-9,12,14H,2-3,6-7,10-11,16H2,1H3. The van der Waals surface area contributed by atoms with Crippen LogP contribution >= 0.6 is 0 Å². The molecule has 17 heavy (non-hydrogen) atoms.